The zero-order valence-corrected chi connectivity index (χ0v) is 14.9. The average molecular weight is 413 g/mol. The highest BCUT2D eigenvalue weighted by Gasteiger charge is 2.43. The standard InChI is InChI=1S/C17H20INO3/c1-3-14(19-21-2)16-13(10-4-6-11(18)7-5-10)8-12-9-15(20)17(16)22-12/h4-7,12,15,17,20H,3,8-9H2,1-2H3. The molecule has 0 spiro atoms. The van der Waals surface area contributed by atoms with Gasteiger partial charge in [-0.15, -0.1) is 0 Å². The van der Waals surface area contributed by atoms with Crippen molar-refractivity contribution in [2.45, 2.75) is 44.5 Å². The number of nitrogens with zero attached hydrogens (tertiary/aromatic N) is 1. The summed E-state index contributed by atoms with van der Waals surface area (Å²) in [5.74, 6) is 0. The van der Waals surface area contributed by atoms with Crippen LogP contribution in [-0.4, -0.2) is 36.2 Å². The topological polar surface area (TPSA) is 51.0 Å². The van der Waals surface area contributed by atoms with Gasteiger partial charge < -0.3 is 14.7 Å². The lowest BCUT2D eigenvalue weighted by atomic mass is 9.88. The molecule has 2 heterocycles. The lowest BCUT2D eigenvalue weighted by molar-refractivity contribution is 0.0313. The Balaban J connectivity index is 2.12. The minimum Gasteiger partial charge on any atom is -0.399 e. The van der Waals surface area contributed by atoms with Crippen LogP contribution in [0.3, 0.4) is 0 Å². The summed E-state index contributed by atoms with van der Waals surface area (Å²) < 4.78 is 7.19. The summed E-state index contributed by atoms with van der Waals surface area (Å²) in [4.78, 5) is 5.01. The zero-order chi connectivity index (χ0) is 15.7. The van der Waals surface area contributed by atoms with E-state index in [1.165, 1.54) is 14.7 Å². The average Bonchev–Trinajstić information content (AvgIpc) is 2.81. The molecule has 3 rings (SSSR count). The van der Waals surface area contributed by atoms with E-state index in [9.17, 15) is 5.11 Å². The number of aliphatic hydroxyl groups is 1. The van der Waals surface area contributed by atoms with E-state index in [1.54, 1.807) is 7.11 Å². The Bertz CT molecular complexity index is 609. The fraction of sp³-hybridized carbons (Fsp3) is 0.471. The van der Waals surface area contributed by atoms with Crippen LogP contribution in [0.1, 0.15) is 31.7 Å². The Morgan fingerprint density at radius 2 is 2.14 bits per heavy atom. The summed E-state index contributed by atoms with van der Waals surface area (Å²) in [6.45, 7) is 2.05. The lowest BCUT2D eigenvalue weighted by Gasteiger charge is -2.28. The Hall–Kier alpha value is -0.920. The maximum atomic E-state index is 10.3. The number of benzene rings is 1. The number of fused-ring (bicyclic) bond motifs is 2. The van der Waals surface area contributed by atoms with Gasteiger partial charge in [-0.1, -0.05) is 24.2 Å². The number of oxime groups is 1. The summed E-state index contributed by atoms with van der Waals surface area (Å²) in [5.41, 5.74) is 4.28. The second-order valence-corrected chi connectivity index (χ2v) is 6.90. The maximum absolute atomic E-state index is 10.3. The molecule has 22 heavy (non-hydrogen) atoms. The molecule has 2 aliphatic heterocycles. The molecule has 4 nitrogen and oxygen atoms in total. The van der Waals surface area contributed by atoms with Gasteiger partial charge in [-0.3, -0.25) is 0 Å². The van der Waals surface area contributed by atoms with Crippen LogP contribution in [0.4, 0.5) is 0 Å². The monoisotopic (exact) mass is 413 g/mol. The lowest BCUT2D eigenvalue weighted by Crippen LogP contribution is -2.31. The van der Waals surface area contributed by atoms with Crippen molar-refractivity contribution in [1.29, 1.82) is 0 Å². The van der Waals surface area contributed by atoms with Crippen molar-refractivity contribution < 1.29 is 14.7 Å². The van der Waals surface area contributed by atoms with Crippen LogP contribution < -0.4 is 0 Å². The first-order valence-corrected chi connectivity index (χ1v) is 8.64. The fourth-order valence-corrected chi connectivity index (χ4v) is 3.68. The molecule has 0 aliphatic carbocycles. The van der Waals surface area contributed by atoms with Crippen LogP contribution in [0.2, 0.25) is 0 Å². The summed E-state index contributed by atoms with van der Waals surface area (Å²) in [7, 11) is 1.55. The summed E-state index contributed by atoms with van der Waals surface area (Å²) in [5, 5.41) is 14.5. The second kappa shape index (κ2) is 6.68. The molecule has 2 aliphatic rings. The van der Waals surface area contributed by atoms with Gasteiger partial charge in [0.25, 0.3) is 0 Å². The highest BCUT2D eigenvalue weighted by atomic mass is 127. The van der Waals surface area contributed by atoms with Gasteiger partial charge in [-0.05, 0) is 58.7 Å². The molecule has 5 heteroatoms. The largest absolute Gasteiger partial charge is 0.399 e. The molecular weight excluding hydrogens is 393 g/mol. The third kappa shape index (κ3) is 2.94. The molecule has 1 saturated heterocycles. The van der Waals surface area contributed by atoms with Gasteiger partial charge in [0.1, 0.15) is 13.2 Å². The molecule has 118 valence electrons. The van der Waals surface area contributed by atoms with Gasteiger partial charge in [-0.2, -0.15) is 0 Å². The zero-order valence-electron chi connectivity index (χ0n) is 12.8. The minimum atomic E-state index is -0.463. The van der Waals surface area contributed by atoms with Gasteiger partial charge >= 0.3 is 0 Å². The third-order valence-electron chi connectivity index (χ3n) is 4.27. The number of hydrogen-bond acceptors (Lipinski definition) is 4. The fourth-order valence-electron chi connectivity index (χ4n) is 3.32. The molecule has 1 aromatic rings. The van der Waals surface area contributed by atoms with E-state index in [4.69, 9.17) is 9.57 Å². The molecule has 1 N–H and O–H groups in total. The molecular formula is C17H20INO3. The molecule has 3 atom stereocenters. The van der Waals surface area contributed by atoms with Gasteiger partial charge in [0.05, 0.1) is 17.9 Å². The second-order valence-electron chi connectivity index (χ2n) is 5.66. The van der Waals surface area contributed by atoms with E-state index < -0.39 is 6.10 Å². The van der Waals surface area contributed by atoms with Gasteiger partial charge in [0.15, 0.2) is 0 Å². The minimum absolute atomic E-state index is 0.0960. The number of aliphatic hydroxyl groups excluding tert-OH is 1. The smallest absolute Gasteiger partial charge is 0.111 e. The van der Waals surface area contributed by atoms with Gasteiger partial charge in [0, 0.05) is 15.6 Å². The predicted octanol–water partition coefficient (Wildman–Crippen LogP) is 3.38. The van der Waals surface area contributed by atoms with Gasteiger partial charge in [0.2, 0.25) is 0 Å². The van der Waals surface area contributed by atoms with Crippen LogP contribution in [0.5, 0.6) is 0 Å². The molecule has 2 bridgehead atoms. The quantitative estimate of drug-likeness (QED) is 0.468. The van der Waals surface area contributed by atoms with Crippen molar-refractivity contribution >= 4 is 33.9 Å². The van der Waals surface area contributed by atoms with E-state index in [1.807, 2.05) is 6.92 Å². The Labute approximate surface area is 144 Å². The number of halogens is 1. The summed E-state index contributed by atoms with van der Waals surface area (Å²) >= 11 is 2.31. The summed E-state index contributed by atoms with van der Waals surface area (Å²) in [6, 6.07) is 8.48. The molecule has 0 saturated carbocycles. The molecule has 0 radical (unpaired) electrons. The van der Waals surface area contributed by atoms with Crippen LogP contribution in [0.25, 0.3) is 5.57 Å². The molecule has 0 amide bonds. The normalized spacial score (nSPS) is 28.2. The van der Waals surface area contributed by atoms with Crippen LogP contribution in [-0.2, 0) is 9.57 Å². The van der Waals surface area contributed by atoms with Crippen molar-refractivity contribution in [2.24, 2.45) is 5.16 Å². The Kier molecular flexibility index (Phi) is 4.84. The van der Waals surface area contributed by atoms with Crippen molar-refractivity contribution in [3.05, 3.63) is 39.0 Å². The van der Waals surface area contributed by atoms with E-state index in [0.29, 0.717) is 6.42 Å². The third-order valence-corrected chi connectivity index (χ3v) is 4.99. The predicted molar refractivity (Wildman–Crippen MR) is 94.7 cm³/mol. The van der Waals surface area contributed by atoms with E-state index in [2.05, 4.69) is 52.0 Å². The Morgan fingerprint density at radius 3 is 2.77 bits per heavy atom. The van der Waals surface area contributed by atoms with Crippen LogP contribution >= 0.6 is 22.6 Å². The number of hydrogen-bond donors (Lipinski definition) is 1. The van der Waals surface area contributed by atoms with E-state index in [-0.39, 0.29) is 12.2 Å². The van der Waals surface area contributed by atoms with Crippen molar-refractivity contribution in [3.8, 4) is 0 Å². The maximum Gasteiger partial charge on any atom is 0.111 e. The highest BCUT2D eigenvalue weighted by Crippen LogP contribution is 2.42. The first kappa shape index (κ1) is 16.0. The highest BCUT2D eigenvalue weighted by molar-refractivity contribution is 14.1. The van der Waals surface area contributed by atoms with Crippen LogP contribution in [0, 0.1) is 3.57 Å². The SMILES string of the molecule is CCC(=NOC)C1=C(c2ccc(I)cc2)CC2CC(O)C1O2. The van der Waals surface area contributed by atoms with Crippen LogP contribution in [0.15, 0.2) is 35.0 Å². The first-order valence-electron chi connectivity index (χ1n) is 7.57. The van der Waals surface area contributed by atoms with Gasteiger partial charge in [-0.25, -0.2) is 0 Å². The molecule has 1 aromatic carbocycles. The van der Waals surface area contributed by atoms with E-state index >= 15 is 0 Å². The number of rotatable bonds is 4. The first-order chi connectivity index (χ1) is 10.6. The summed E-state index contributed by atoms with van der Waals surface area (Å²) in [6.07, 6.45) is 1.59. The van der Waals surface area contributed by atoms with Crippen molar-refractivity contribution in [3.63, 3.8) is 0 Å². The molecule has 0 aromatic heterocycles. The number of ether oxygens (including phenoxy) is 1. The molecule has 1 fully saturated rings. The Morgan fingerprint density at radius 1 is 1.41 bits per heavy atom. The van der Waals surface area contributed by atoms with E-state index in [0.717, 1.165) is 24.1 Å². The van der Waals surface area contributed by atoms with Crippen molar-refractivity contribution in [2.75, 3.05) is 7.11 Å². The molecule has 3 unspecified atom stereocenters. The van der Waals surface area contributed by atoms with Crippen molar-refractivity contribution in [1.82, 2.24) is 0 Å².